The molecule has 0 aliphatic rings. The summed E-state index contributed by atoms with van der Waals surface area (Å²) in [5, 5.41) is 0. The van der Waals surface area contributed by atoms with Crippen LogP contribution in [0.5, 0.6) is 11.5 Å². The van der Waals surface area contributed by atoms with Gasteiger partial charge in [-0.2, -0.15) is 0 Å². The van der Waals surface area contributed by atoms with E-state index in [9.17, 15) is 4.79 Å². The lowest BCUT2D eigenvalue weighted by molar-refractivity contribution is -0.139. The van der Waals surface area contributed by atoms with Crippen molar-refractivity contribution in [1.29, 1.82) is 0 Å². The number of methoxy groups -OCH3 is 1. The van der Waals surface area contributed by atoms with Crippen LogP contribution in [-0.4, -0.2) is 26.3 Å². The average molecular weight is 300 g/mol. The summed E-state index contributed by atoms with van der Waals surface area (Å²) >= 11 is 0. The fourth-order valence-corrected chi connectivity index (χ4v) is 1.97. The molecule has 0 saturated heterocycles. The summed E-state index contributed by atoms with van der Waals surface area (Å²) in [5.74, 6) is 1.38. The second kappa shape index (κ2) is 8.08. The van der Waals surface area contributed by atoms with Crippen LogP contribution < -0.4 is 9.47 Å². The van der Waals surface area contributed by atoms with Gasteiger partial charge in [0.2, 0.25) is 0 Å². The molecule has 0 saturated carbocycles. The Kier molecular flexibility index (Phi) is 5.83. The highest BCUT2D eigenvalue weighted by atomic mass is 16.5. The summed E-state index contributed by atoms with van der Waals surface area (Å²) in [6.07, 6.45) is 0.271. The number of rotatable bonds is 7. The first kappa shape index (κ1) is 15.9. The molecule has 0 amide bonds. The van der Waals surface area contributed by atoms with Crippen molar-refractivity contribution in [1.82, 2.24) is 0 Å². The molecule has 2 aromatic rings. The molecule has 0 aromatic heterocycles. The van der Waals surface area contributed by atoms with Crippen molar-refractivity contribution in [2.75, 3.05) is 20.3 Å². The average Bonchev–Trinajstić information content (AvgIpc) is 2.54. The minimum atomic E-state index is -0.250. The first-order valence-corrected chi connectivity index (χ1v) is 7.16. The molecule has 0 heterocycles. The number of aryl methyl sites for hydroxylation is 1. The molecular weight excluding hydrogens is 280 g/mol. The first-order valence-electron chi connectivity index (χ1n) is 7.16. The van der Waals surface area contributed by atoms with E-state index in [-0.39, 0.29) is 12.4 Å². The summed E-state index contributed by atoms with van der Waals surface area (Å²) in [7, 11) is 1.38. The van der Waals surface area contributed by atoms with E-state index in [1.165, 1.54) is 7.11 Å². The van der Waals surface area contributed by atoms with Crippen LogP contribution in [0, 0.1) is 6.92 Å². The van der Waals surface area contributed by atoms with Gasteiger partial charge in [-0.1, -0.05) is 30.3 Å². The molecule has 0 spiro atoms. The number of carbonyl (C=O) groups is 1. The van der Waals surface area contributed by atoms with Gasteiger partial charge in [0, 0.05) is 0 Å². The zero-order valence-electron chi connectivity index (χ0n) is 12.9. The minimum absolute atomic E-state index is 0.250. The molecule has 0 bridgehead atoms. The van der Waals surface area contributed by atoms with Crippen LogP contribution in [0.4, 0.5) is 0 Å². The van der Waals surface area contributed by atoms with Crippen molar-refractivity contribution in [2.45, 2.75) is 13.3 Å². The van der Waals surface area contributed by atoms with E-state index in [2.05, 4.69) is 4.74 Å². The maximum absolute atomic E-state index is 11.2. The van der Waals surface area contributed by atoms with Crippen LogP contribution in [0.2, 0.25) is 0 Å². The van der Waals surface area contributed by atoms with E-state index in [1.807, 2.05) is 55.5 Å². The van der Waals surface area contributed by atoms with Crippen molar-refractivity contribution in [2.24, 2.45) is 0 Å². The number of para-hydroxylation sites is 1. The molecule has 4 heteroatoms. The third kappa shape index (κ3) is 4.81. The van der Waals surface area contributed by atoms with Gasteiger partial charge in [-0.3, -0.25) is 4.79 Å². The number of esters is 1. The number of hydrogen-bond acceptors (Lipinski definition) is 4. The largest absolute Gasteiger partial charge is 0.490 e. The molecule has 0 aliphatic heterocycles. The van der Waals surface area contributed by atoms with Gasteiger partial charge in [0.1, 0.15) is 24.7 Å². The van der Waals surface area contributed by atoms with Crippen molar-refractivity contribution in [3.8, 4) is 11.5 Å². The van der Waals surface area contributed by atoms with Crippen molar-refractivity contribution < 1.29 is 19.0 Å². The Balaban J connectivity index is 1.75. The summed E-state index contributed by atoms with van der Waals surface area (Å²) in [5.41, 5.74) is 2.00. The number of ether oxygens (including phenoxy) is 3. The van der Waals surface area contributed by atoms with Gasteiger partial charge in [0.15, 0.2) is 0 Å². The molecule has 0 fully saturated rings. The summed E-state index contributed by atoms with van der Waals surface area (Å²) < 4.78 is 15.9. The summed E-state index contributed by atoms with van der Waals surface area (Å²) in [4.78, 5) is 11.2. The van der Waals surface area contributed by atoms with Gasteiger partial charge in [-0.15, -0.1) is 0 Å². The fourth-order valence-electron chi connectivity index (χ4n) is 1.97. The third-order valence-electron chi connectivity index (χ3n) is 3.20. The molecule has 0 radical (unpaired) electrons. The van der Waals surface area contributed by atoms with Gasteiger partial charge in [0.25, 0.3) is 0 Å². The maximum atomic E-state index is 11.2. The Bertz CT molecular complexity index is 605. The van der Waals surface area contributed by atoms with Crippen LogP contribution in [0.25, 0.3) is 0 Å². The molecule has 0 N–H and O–H groups in total. The number of benzene rings is 2. The minimum Gasteiger partial charge on any atom is -0.490 e. The SMILES string of the molecule is COC(=O)Cc1ccc(OCCOc2ccccc2C)cc1. The normalized spacial score (nSPS) is 10.1. The van der Waals surface area contributed by atoms with Crippen LogP contribution >= 0.6 is 0 Å². The van der Waals surface area contributed by atoms with E-state index in [4.69, 9.17) is 9.47 Å². The molecule has 22 heavy (non-hydrogen) atoms. The molecule has 2 aromatic carbocycles. The number of hydrogen-bond donors (Lipinski definition) is 0. The fraction of sp³-hybridized carbons (Fsp3) is 0.278. The topological polar surface area (TPSA) is 44.8 Å². The highest BCUT2D eigenvalue weighted by molar-refractivity contribution is 5.72. The molecule has 4 nitrogen and oxygen atoms in total. The maximum Gasteiger partial charge on any atom is 0.309 e. The smallest absolute Gasteiger partial charge is 0.309 e. The standard InChI is InChI=1S/C18H20O4/c1-14-5-3-4-6-17(14)22-12-11-21-16-9-7-15(8-10-16)13-18(19)20-2/h3-10H,11-13H2,1-2H3. The lowest BCUT2D eigenvalue weighted by Crippen LogP contribution is -2.09. The zero-order chi connectivity index (χ0) is 15.8. The second-order valence-electron chi connectivity index (χ2n) is 4.86. The van der Waals surface area contributed by atoms with Gasteiger partial charge in [0.05, 0.1) is 13.5 Å². The van der Waals surface area contributed by atoms with Crippen LogP contribution in [0.1, 0.15) is 11.1 Å². The van der Waals surface area contributed by atoms with Crippen molar-refractivity contribution >= 4 is 5.97 Å². The summed E-state index contributed by atoms with van der Waals surface area (Å²) in [6, 6.07) is 15.3. The lowest BCUT2D eigenvalue weighted by atomic mass is 10.1. The van der Waals surface area contributed by atoms with Crippen LogP contribution in [-0.2, 0) is 16.0 Å². The molecule has 0 aliphatic carbocycles. The Hall–Kier alpha value is -2.49. The quantitative estimate of drug-likeness (QED) is 0.582. The van der Waals surface area contributed by atoms with Gasteiger partial charge < -0.3 is 14.2 Å². The van der Waals surface area contributed by atoms with E-state index >= 15 is 0 Å². The lowest BCUT2D eigenvalue weighted by Gasteiger charge is -2.10. The van der Waals surface area contributed by atoms with E-state index in [1.54, 1.807) is 0 Å². The third-order valence-corrected chi connectivity index (χ3v) is 3.20. The Morgan fingerprint density at radius 2 is 1.64 bits per heavy atom. The van der Waals surface area contributed by atoms with Crippen molar-refractivity contribution in [3.05, 3.63) is 59.7 Å². The van der Waals surface area contributed by atoms with Gasteiger partial charge in [-0.25, -0.2) is 0 Å². The molecule has 2 rings (SSSR count). The van der Waals surface area contributed by atoms with Crippen LogP contribution in [0.3, 0.4) is 0 Å². The predicted octanol–water partition coefficient (Wildman–Crippen LogP) is 3.17. The molecule has 0 atom stereocenters. The predicted molar refractivity (Wildman–Crippen MR) is 84.3 cm³/mol. The number of carbonyl (C=O) groups excluding carboxylic acids is 1. The molecule has 116 valence electrons. The van der Waals surface area contributed by atoms with Gasteiger partial charge >= 0.3 is 5.97 Å². The van der Waals surface area contributed by atoms with E-state index in [0.717, 1.165) is 22.6 Å². The Morgan fingerprint density at radius 3 is 2.32 bits per heavy atom. The Morgan fingerprint density at radius 1 is 0.955 bits per heavy atom. The molecular formula is C18H20O4. The van der Waals surface area contributed by atoms with E-state index in [0.29, 0.717) is 13.2 Å². The van der Waals surface area contributed by atoms with Gasteiger partial charge in [-0.05, 0) is 36.2 Å². The molecule has 0 unspecified atom stereocenters. The van der Waals surface area contributed by atoms with Crippen LogP contribution in [0.15, 0.2) is 48.5 Å². The van der Waals surface area contributed by atoms with Crippen molar-refractivity contribution in [3.63, 3.8) is 0 Å². The Labute approximate surface area is 130 Å². The summed E-state index contributed by atoms with van der Waals surface area (Å²) in [6.45, 7) is 2.95. The second-order valence-corrected chi connectivity index (χ2v) is 4.86. The highest BCUT2D eigenvalue weighted by Gasteiger charge is 2.03. The monoisotopic (exact) mass is 300 g/mol. The van der Waals surface area contributed by atoms with E-state index < -0.39 is 0 Å². The highest BCUT2D eigenvalue weighted by Crippen LogP contribution is 2.16. The zero-order valence-corrected chi connectivity index (χ0v) is 12.9. The first-order chi connectivity index (χ1) is 10.7.